The van der Waals surface area contributed by atoms with E-state index < -0.39 is 5.91 Å². The van der Waals surface area contributed by atoms with Gasteiger partial charge in [-0.05, 0) is 35.7 Å². The van der Waals surface area contributed by atoms with Crippen molar-refractivity contribution in [3.05, 3.63) is 71.8 Å². The van der Waals surface area contributed by atoms with Crippen LogP contribution in [0.25, 0.3) is 10.8 Å². The van der Waals surface area contributed by atoms with E-state index >= 15 is 0 Å². The number of hydrazone groups is 1. The molecule has 0 aliphatic heterocycles. The Bertz CT molecular complexity index is 886. The maximum Gasteiger partial charge on any atom is 0.271 e. The highest BCUT2D eigenvalue weighted by molar-refractivity contribution is 5.98. The molecular formula is C18H14N2O3. The molecule has 0 aliphatic carbocycles. The van der Waals surface area contributed by atoms with Gasteiger partial charge in [0, 0.05) is 16.5 Å². The van der Waals surface area contributed by atoms with E-state index in [1.54, 1.807) is 6.07 Å². The van der Waals surface area contributed by atoms with Crippen molar-refractivity contribution in [2.45, 2.75) is 0 Å². The molecule has 0 bridgehead atoms. The van der Waals surface area contributed by atoms with Crippen LogP contribution in [0.1, 0.15) is 15.9 Å². The summed E-state index contributed by atoms with van der Waals surface area (Å²) in [5.74, 6) is -0.196. The van der Waals surface area contributed by atoms with Gasteiger partial charge >= 0.3 is 0 Å². The van der Waals surface area contributed by atoms with E-state index in [1.165, 1.54) is 30.5 Å². The Kier molecular flexibility index (Phi) is 3.93. The summed E-state index contributed by atoms with van der Waals surface area (Å²) in [7, 11) is 0. The van der Waals surface area contributed by atoms with Crippen LogP contribution >= 0.6 is 0 Å². The Hall–Kier alpha value is -3.34. The molecule has 0 aromatic heterocycles. The fourth-order valence-electron chi connectivity index (χ4n) is 2.21. The molecule has 3 rings (SSSR count). The van der Waals surface area contributed by atoms with Gasteiger partial charge in [0.15, 0.2) is 0 Å². The van der Waals surface area contributed by atoms with E-state index in [-0.39, 0.29) is 11.5 Å². The van der Waals surface area contributed by atoms with Crippen LogP contribution in [0, 0.1) is 0 Å². The second-order valence-electron chi connectivity index (χ2n) is 4.97. The lowest BCUT2D eigenvalue weighted by Crippen LogP contribution is -2.17. The number of fused-ring (bicyclic) bond motifs is 1. The van der Waals surface area contributed by atoms with Crippen molar-refractivity contribution in [3.8, 4) is 11.5 Å². The third kappa shape index (κ3) is 3.13. The zero-order valence-corrected chi connectivity index (χ0v) is 12.1. The van der Waals surface area contributed by atoms with Crippen molar-refractivity contribution in [1.29, 1.82) is 0 Å². The second kappa shape index (κ2) is 6.19. The predicted molar refractivity (Wildman–Crippen MR) is 88.8 cm³/mol. The van der Waals surface area contributed by atoms with Gasteiger partial charge in [0.2, 0.25) is 0 Å². The van der Waals surface area contributed by atoms with Crippen molar-refractivity contribution in [2.24, 2.45) is 5.10 Å². The molecular weight excluding hydrogens is 292 g/mol. The molecule has 114 valence electrons. The summed E-state index contributed by atoms with van der Waals surface area (Å²) < 4.78 is 0. The molecule has 0 spiro atoms. The first-order valence-corrected chi connectivity index (χ1v) is 6.98. The molecule has 5 nitrogen and oxygen atoms in total. The zero-order chi connectivity index (χ0) is 16.2. The number of nitrogens with zero attached hydrogens (tertiary/aromatic N) is 1. The minimum absolute atomic E-state index is 0.0890. The lowest BCUT2D eigenvalue weighted by Gasteiger charge is -2.04. The van der Waals surface area contributed by atoms with Gasteiger partial charge in [-0.25, -0.2) is 5.43 Å². The Morgan fingerprint density at radius 2 is 1.70 bits per heavy atom. The number of phenolic OH excluding ortho intramolecular Hbond substituents is 2. The lowest BCUT2D eigenvalue weighted by molar-refractivity contribution is 0.0955. The highest BCUT2D eigenvalue weighted by Gasteiger charge is 2.05. The van der Waals surface area contributed by atoms with Crippen molar-refractivity contribution < 1.29 is 15.0 Å². The Morgan fingerprint density at radius 1 is 0.957 bits per heavy atom. The molecule has 3 aromatic carbocycles. The molecule has 5 heteroatoms. The number of benzene rings is 3. The third-order valence-corrected chi connectivity index (χ3v) is 3.43. The topological polar surface area (TPSA) is 81.9 Å². The summed E-state index contributed by atoms with van der Waals surface area (Å²) in [6.07, 6.45) is 1.39. The number of carbonyl (C=O) groups excluding carboxylic acids is 1. The Morgan fingerprint density at radius 3 is 2.48 bits per heavy atom. The van der Waals surface area contributed by atoms with Crippen molar-refractivity contribution >= 4 is 22.9 Å². The number of nitrogens with one attached hydrogen (secondary N) is 1. The third-order valence-electron chi connectivity index (χ3n) is 3.43. The Balaban J connectivity index is 1.76. The van der Waals surface area contributed by atoms with Crippen molar-refractivity contribution in [1.82, 2.24) is 5.43 Å². The minimum Gasteiger partial charge on any atom is -0.508 e. The van der Waals surface area contributed by atoms with Gasteiger partial charge in [0.05, 0.1) is 6.21 Å². The van der Waals surface area contributed by atoms with E-state index in [1.807, 2.05) is 30.3 Å². The smallest absolute Gasteiger partial charge is 0.271 e. The molecule has 0 aliphatic rings. The highest BCUT2D eigenvalue weighted by Crippen LogP contribution is 2.27. The maximum atomic E-state index is 11.9. The van der Waals surface area contributed by atoms with E-state index in [2.05, 4.69) is 10.5 Å². The quantitative estimate of drug-likeness (QED) is 0.514. The van der Waals surface area contributed by atoms with E-state index in [4.69, 9.17) is 0 Å². The number of phenols is 2. The van der Waals surface area contributed by atoms with Crippen LogP contribution in [0.3, 0.4) is 0 Å². The molecule has 0 atom stereocenters. The van der Waals surface area contributed by atoms with Crippen LogP contribution < -0.4 is 5.43 Å². The van der Waals surface area contributed by atoms with Gasteiger partial charge in [-0.1, -0.05) is 30.3 Å². The van der Waals surface area contributed by atoms with E-state index in [0.29, 0.717) is 11.1 Å². The number of hydrogen-bond acceptors (Lipinski definition) is 4. The molecule has 23 heavy (non-hydrogen) atoms. The first kappa shape index (κ1) is 14.6. The van der Waals surface area contributed by atoms with Gasteiger partial charge in [-0.15, -0.1) is 0 Å². The SMILES string of the molecule is O=C(NN=Cc1ccc2ccccc2c1O)c1ccc(O)cc1. The van der Waals surface area contributed by atoms with Crippen LogP contribution in [-0.4, -0.2) is 22.3 Å². The lowest BCUT2D eigenvalue weighted by atomic mass is 10.1. The van der Waals surface area contributed by atoms with Gasteiger partial charge in [-0.2, -0.15) is 5.10 Å². The van der Waals surface area contributed by atoms with Gasteiger partial charge in [0.1, 0.15) is 11.5 Å². The van der Waals surface area contributed by atoms with Gasteiger partial charge in [-0.3, -0.25) is 4.79 Å². The minimum atomic E-state index is -0.401. The zero-order valence-electron chi connectivity index (χ0n) is 12.1. The molecule has 0 saturated heterocycles. The number of amides is 1. The van der Waals surface area contributed by atoms with Crippen LogP contribution in [0.2, 0.25) is 0 Å². The largest absolute Gasteiger partial charge is 0.508 e. The fourth-order valence-corrected chi connectivity index (χ4v) is 2.21. The predicted octanol–water partition coefficient (Wildman–Crippen LogP) is 3.01. The molecule has 3 N–H and O–H groups in total. The monoisotopic (exact) mass is 306 g/mol. The highest BCUT2D eigenvalue weighted by atomic mass is 16.3. The average molecular weight is 306 g/mol. The molecule has 0 saturated carbocycles. The number of carbonyl (C=O) groups is 1. The van der Waals surface area contributed by atoms with Gasteiger partial charge < -0.3 is 10.2 Å². The van der Waals surface area contributed by atoms with Crippen LogP contribution in [0.5, 0.6) is 11.5 Å². The molecule has 3 aromatic rings. The summed E-state index contributed by atoms with van der Waals surface area (Å²) in [6.45, 7) is 0. The molecule has 0 radical (unpaired) electrons. The first-order valence-electron chi connectivity index (χ1n) is 6.98. The van der Waals surface area contributed by atoms with E-state index in [9.17, 15) is 15.0 Å². The summed E-state index contributed by atoms with van der Waals surface area (Å²) in [5, 5.41) is 24.9. The van der Waals surface area contributed by atoms with Crippen LogP contribution in [0.4, 0.5) is 0 Å². The normalized spacial score (nSPS) is 11.0. The standard InChI is InChI=1S/C18H14N2O3/c21-15-9-7-13(8-10-15)18(23)20-19-11-14-6-5-12-3-1-2-4-16(12)17(14)22/h1-11,21-22H,(H,20,23). The number of rotatable bonds is 3. The van der Waals surface area contributed by atoms with E-state index in [0.717, 1.165) is 10.8 Å². The van der Waals surface area contributed by atoms with Crippen LogP contribution in [0.15, 0.2) is 65.8 Å². The molecule has 0 fully saturated rings. The van der Waals surface area contributed by atoms with Crippen LogP contribution in [-0.2, 0) is 0 Å². The van der Waals surface area contributed by atoms with Gasteiger partial charge in [0.25, 0.3) is 5.91 Å². The molecule has 0 unspecified atom stereocenters. The Labute approximate surface area is 132 Å². The molecule has 1 amide bonds. The molecule has 0 heterocycles. The maximum absolute atomic E-state index is 11.9. The summed E-state index contributed by atoms with van der Waals surface area (Å²) in [6, 6.07) is 16.9. The summed E-state index contributed by atoms with van der Waals surface area (Å²) >= 11 is 0. The fraction of sp³-hybridized carbons (Fsp3) is 0. The first-order chi connectivity index (χ1) is 11.1. The summed E-state index contributed by atoms with van der Waals surface area (Å²) in [5.41, 5.74) is 3.27. The number of hydrogen-bond donors (Lipinski definition) is 3. The second-order valence-corrected chi connectivity index (χ2v) is 4.97. The number of aromatic hydroxyl groups is 2. The average Bonchev–Trinajstić information content (AvgIpc) is 2.57. The summed E-state index contributed by atoms with van der Waals surface area (Å²) in [4.78, 5) is 11.9. The van der Waals surface area contributed by atoms with Crippen molar-refractivity contribution in [3.63, 3.8) is 0 Å². The van der Waals surface area contributed by atoms with Crippen molar-refractivity contribution in [2.75, 3.05) is 0 Å².